The van der Waals surface area contributed by atoms with E-state index in [0.717, 1.165) is 0 Å². The third-order valence-electron chi connectivity index (χ3n) is 6.05. The van der Waals surface area contributed by atoms with Gasteiger partial charge in [0.25, 0.3) is 0 Å². The SMILES string of the molecule is C[C@H](Nc1c(C#N)c(Cl)nc2c1ccn2[C@@H]1O[C@H](CS(=O)(=O)CP(=O)(O)O)[C@@H](O)[C@H]1O)c1ccc(F)cc1. The lowest BCUT2D eigenvalue weighted by Gasteiger charge is -2.20. The number of sulfone groups is 1. The van der Waals surface area contributed by atoms with Gasteiger partial charge in [-0.15, -0.1) is 0 Å². The van der Waals surface area contributed by atoms with Crippen molar-refractivity contribution in [3.63, 3.8) is 0 Å². The molecule has 0 unspecified atom stereocenters. The Kier molecular flexibility index (Phi) is 7.86. The van der Waals surface area contributed by atoms with E-state index in [4.69, 9.17) is 26.1 Å². The Morgan fingerprint density at radius 3 is 2.53 bits per heavy atom. The molecule has 38 heavy (non-hydrogen) atoms. The highest BCUT2D eigenvalue weighted by molar-refractivity contribution is 7.97. The molecule has 0 bridgehead atoms. The van der Waals surface area contributed by atoms with Crippen LogP contribution in [0.5, 0.6) is 0 Å². The van der Waals surface area contributed by atoms with E-state index in [-0.39, 0.29) is 16.4 Å². The van der Waals surface area contributed by atoms with Crippen LogP contribution in [-0.2, 0) is 19.1 Å². The number of aromatic nitrogens is 2. The van der Waals surface area contributed by atoms with Gasteiger partial charge < -0.3 is 34.6 Å². The molecule has 1 aliphatic heterocycles. The second-order valence-corrected chi connectivity index (χ2v) is 13.4. The zero-order valence-electron chi connectivity index (χ0n) is 19.6. The molecule has 1 aliphatic rings. The molecule has 0 spiro atoms. The molecular formula is C22H23ClFN4O8PS. The molecule has 0 aliphatic carbocycles. The first-order valence-corrected chi connectivity index (χ1v) is 15.1. The van der Waals surface area contributed by atoms with Crippen LogP contribution in [0.15, 0.2) is 36.5 Å². The van der Waals surface area contributed by atoms with Crippen LogP contribution in [0, 0.1) is 17.1 Å². The molecular weight excluding hydrogens is 566 g/mol. The van der Waals surface area contributed by atoms with E-state index in [2.05, 4.69) is 10.3 Å². The topological polar surface area (TPSA) is 195 Å². The number of hydrogen-bond donors (Lipinski definition) is 5. The van der Waals surface area contributed by atoms with E-state index >= 15 is 0 Å². The second kappa shape index (κ2) is 10.5. The largest absolute Gasteiger partial charge is 0.387 e. The van der Waals surface area contributed by atoms with Gasteiger partial charge in [0.15, 0.2) is 26.7 Å². The first kappa shape index (κ1) is 28.4. The number of hydrogen-bond acceptors (Lipinski definition) is 9. The molecule has 16 heteroatoms. The number of fused-ring (bicyclic) bond motifs is 1. The van der Waals surface area contributed by atoms with Crippen LogP contribution < -0.4 is 5.32 Å². The molecule has 1 fully saturated rings. The van der Waals surface area contributed by atoms with Crippen molar-refractivity contribution in [3.8, 4) is 6.07 Å². The van der Waals surface area contributed by atoms with Crippen molar-refractivity contribution in [1.29, 1.82) is 5.26 Å². The highest BCUT2D eigenvalue weighted by atomic mass is 35.5. The number of nitriles is 1. The summed E-state index contributed by atoms with van der Waals surface area (Å²) in [6, 6.07) is 8.90. The van der Waals surface area contributed by atoms with Crippen molar-refractivity contribution >= 4 is 45.8 Å². The number of rotatable bonds is 8. The maximum Gasteiger partial charge on any atom is 0.340 e. The fraction of sp³-hybridized carbons (Fsp3) is 0.364. The Balaban J connectivity index is 1.68. The van der Waals surface area contributed by atoms with Crippen LogP contribution in [0.1, 0.15) is 30.3 Å². The van der Waals surface area contributed by atoms with Gasteiger partial charge in [-0.05, 0) is 30.7 Å². The third kappa shape index (κ3) is 5.85. The monoisotopic (exact) mass is 588 g/mol. The summed E-state index contributed by atoms with van der Waals surface area (Å²) in [6.07, 6.45) is -4.72. The number of nitrogens with one attached hydrogen (secondary N) is 1. The van der Waals surface area contributed by atoms with Gasteiger partial charge in [0.05, 0.1) is 11.4 Å². The summed E-state index contributed by atoms with van der Waals surface area (Å²) in [7, 11) is -9.25. The number of pyridine rings is 1. The summed E-state index contributed by atoms with van der Waals surface area (Å²) < 4.78 is 55.8. The van der Waals surface area contributed by atoms with Gasteiger partial charge >= 0.3 is 7.60 Å². The van der Waals surface area contributed by atoms with Crippen molar-refractivity contribution < 1.29 is 42.1 Å². The molecule has 5 N–H and O–H groups in total. The van der Waals surface area contributed by atoms with Gasteiger partial charge in [0.1, 0.15) is 41.4 Å². The maximum atomic E-state index is 13.3. The van der Waals surface area contributed by atoms with Crippen LogP contribution in [0.4, 0.5) is 10.1 Å². The molecule has 1 saturated heterocycles. The quantitative estimate of drug-likeness (QED) is 0.191. The minimum Gasteiger partial charge on any atom is -0.387 e. The number of nitrogens with zero attached hydrogens (tertiary/aromatic N) is 3. The molecule has 3 heterocycles. The predicted molar refractivity (Wildman–Crippen MR) is 135 cm³/mol. The summed E-state index contributed by atoms with van der Waals surface area (Å²) in [5.74, 6) is -1.35. The van der Waals surface area contributed by atoms with E-state index in [9.17, 15) is 32.8 Å². The highest BCUT2D eigenvalue weighted by Crippen LogP contribution is 2.40. The van der Waals surface area contributed by atoms with Crippen molar-refractivity contribution in [2.75, 3.05) is 16.6 Å². The zero-order valence-corrected chi connectivity index (χ0v) is 22.1. The van der Waals surface area contributed by atoms with Crippen molar-refractivity contribution in [3.05, 3.63) is 58.6 Å². The Hall–Kier alpha value is -2.60. The number of halogens is 2. The van der Waals surface area contributed by atoms with E-state index < -0.39 is 65.1 Å². The molecule has 0 radical (unpaired) electrons. The summed E-state index contributed by atoms with van der Waals surface area (Å²) >= 11 is 6.29. The van der Waals surface area contributed by atoms with Gasteiger partial charge in [0, 0.05) is 17.6 Å². The van der Waals surface area contributed by atoms with Crippen LogP contribution in [0.25, 0.3) is 11.0 Å². The molecule has 3 aromatic rings. The summed E-state index contributed by atoms with van der Waals surface area (Å²) in [4.78, 5) is 22.3. The molecule has 2 aromatic heterocycles. The lowest BCUT2D eigenvalue weighted by molar-refractivity contribution is -0.0288. The standard InChI is InChI=1S/C22H23ClFN4O8PS/c1-11(12-2-4-13(24)5-3-12)26-17-14-6-7-28(21(14)27-20(23)15(17)8-25)22-19(30)18(29)16(36-22)9-38(34,35)10-37(31,32)33/h2-7,11,16,18-19,22,29-30H,9-10H2,1H3,(H,26,27)(H2,31,32,33)/t11-,16+,18+,19+,22+/m0/s1. The number of benzene rings is 1. The van der Waals surface area contributed by atoms with Gasteiger partial charge in [-0.25, -0.2) is 17.8 Å². The summed E-state index contributed by atoms with van der Waals surface area (Å²) in [5.41, 5.74) is -0.257. The van der Waals surface area contributed by atoms with Crippen LogP contribution in [0.2, 0.25) is 5.15 Å². The number of ether oxygens (including phenoxy) is 1. The Morgan fingerprint density at radius 2 is 1.92 bits per heavy atom. The lowest BCUT2D eigenvalue weighted by atomic mass is 10.1. The average molecular weight is 589 g/mol. The average Bonchev–Trinajstić information content (AvgIpc) is 3.33. The van der Waals surface area contributed by atoms with E-state index in [1.54, 1.807) is 25.1 Å². The second-order valence-electron chi connectivity index (χ2n) is 8.89. The Bertz CT molecular complexity index is 1560. The molecule has 5 atom stereocenters. The zero-order chi connectivity index (χ0) is 28.0. The van der Waals surface area contributed by atoms with Crippen LogP contribution in [0.3, 0.4) is 0 Å². The Labute approximate surface area is 221 Å². The van der Waals surface area contributed by atoms with Gasteiger partial charge in [-0.1, -0.05) is 23.7 Å². The van der Waals surface area contributed by atoms with Gasteiger partial charge in [0.2, 0.25) is 0 Å². The minimum absolute atomic E-state index is 0.0280. The summed E-state index contributed by atoms with van der Waals surface area (Å²) in [6.45, 7) is 1.79. The fourth-order valence-electron chi connectivity index (χ4n) is 4.30. The van der Waals surface area contributed by atoms with E-state index in [1.807, 2.05) is 6.07 Å². The predicted octanol–water partition coefficient (Wildman–Crippen LogP) is 2.04. The highest BCUT2D eigenvalue weighted by Gasteiger charge is 2.46. The lowest BCUT2D eigenvalue weighted by Crippen LogP contribution is -2.35. The molecule has 204 valence electrons. The molecule has 1 aromatic carbocycles. The molecule has 4 rings (SSSR count). The van der Waals surface area contributed by atoms with Gasteiger partial charge in [-0.3, -0.25) is 4.57 Å². The molecule has 0 saturated carbocycles. The molecule has 0 amide bonds. The smallest absolute Gasteiger partial charge is 0.340 e. The number of aliphatic hydroxyl groups is 2. The van der Waals surface area contributed by atoms with Crippen molar-refractivity contribution in [2.24, 2.45) is 0 Å². The first-order chi connectivity index (χ1) is 17.7. The normalized spacial score (nSPS) is 22.9. The fourth-order valence-corrected chi connectivity index (χ4v) is 7.77. The van der Waals surface area contributed by atoms with E-state index in [0.29, 0.717) is 16.6 Å². The number of anilines is 1. The van der Waals surface area contributed by atoms with Crippen LogP contribution in [-0.4, -0.2) is 67.5 Å². The third-order valence-corrected chi connectivity index (χ3v) is 10.1. The first-order valence-electron chi connectivity index (χ1n) is 11.1. The van der Waals surface area contributed by atoms with Crippen molar-refractivity contribution in [2.45, 2.75) is 37.5 Å². The van der Waals surface area contributed by atoms with Gasteiger partial charge in [-0.2, -0.15) is 5.26 Å². The minimum atomic E-state index is -4.90. The maximum absolute atomic E-state index is 13.3. The number of aliphatic hydroxyl groups excluding tert-OH is 2. The molecule has 12 nitrogen and oxygen atoms in total. The Morgan fingerprint density at radius 1 is 1.26 bits per heavy atom. The van der Waals surface area contributed by atoms with E-state index in [1.165, 1.54) is 22.9 Å². The summed E-state index contributed by atoms with van der Waals surface area (Å²) in [5, 5.41) is 34.2. The van der Waals surface area contributed by atoms with Crippen molar-refractivity contribution in [1.82, 2.24) is 9.55 Å². The van der Waals surface area contributed by atoms with Crippen LogP contribution >= 0.6 is 19.2 Å².